The normalized spacial score (nSPS) is 11.0. The van der Waals surface area contributed by atoms with Crippen molar-refractivity contribution in [2.45, 2.75) is 13.0 Å². The highest BCUT2D eigenvalue weighted by atomic mass is 16.4. The number of aromatic carboxylic acids is 3. The van der Waals surface area contributed by atoms with Gasteiger partial charge in [-0.1, -0.05) is 61.5 Å². The molecule has 2 atom stereocenters. The lowest BCUT2D eigenvalue weighted by molar-refractivity contribution is 0.0302. The van der Waals surface area contributed by atoms with E-state index in [1.807, 2.05) is 0 Å². The van der Waals surface area contributed by atoms with Crippen LogP contribution in [0.4, 0.5) is 0 Å². The molecule has 0 radical (unpaired) electrons. The highest BCUT2D eigenvalue weighted by Gasteiger charge is 2.10. The van der Waals surface area contributed by atoms with Crippen LogP contribution in [0, 0.1) is 5.92 Å². The fraction of sp³-hybridized carbons (Fsp3) is 0.192. The van der Waals surface area contributed by atoms with E-state index in [9.17, 15) is 14.4 Å². The Bertz CT molecular complexity index is 852. The second-order valence-electron chi connectivity index (χ2n) is 6.92. The van der Waals surface area contributed by atoms with Crippen molar-refractivity contribution in [3.63, 3.8) is 0 Å². The quantitative estimate of drug-likeness (QED) is 0.306. The number of benzene rings is 3. The summed E-state index contributed by atoms with van der Waals surface area (Å²) >= 11 is 0. The summed E-state index contributed by atoms with van der Waals surface area (Å²) in [4.78, 5) is 30.6. The van der Waals surface area contributed by atoms with Crippen LogP contribution in [-0.4, -0.2) is 67.9 Å². The minimum atomic E-state index is -0.879. The standard InChI is InChI=1S/3C7H6O2.C5H12O3/c3*8-7(9)6-4-2-1-3-5-6;1-4(2-6)5(8)3-7/h3*1-5H,(H,8,9);4-8H,2-3H2,1H3. The summed E-state index contributed by atoms with van der Waals surface area (Å²) in [6.45, 7) is 1.31. The Kier molecular flexibility index (Phi) is 16.3. The molecule has 0 saturated heterocycles. The molecule has 0 aliphatic carbocycles. The number of carboxylic acid groups (broad SMARTS) is 3. The minimum Gasteiger partial charge on any atom is -0.478 e. The lowest BCUT2D eigenvalue weighted by atomic mass is 10.1. The molecule has 0 spiro atoms. The monoisotopic (exact) mass is 486 g/mol. The van der Waals surface area contributed by atoms with E-state index >= 15 is 0 Å². The molecule has 0 amide bonds. The maximum Gasteiger partial charge on any atom is 0.335 e. The molecule has 9 heteroatoms. The number of hydrogen-bond donors (Lipinski definition) is 6. The first-order valence-electron chi connectivity index (χ1n) is 10.4. The van der Waals surface area contributed by atoms with Crippen molar-refractivity contribution in [1.29, 1.82) is 0 Å². The molecule has 0 bridgehead atoms. The van der Waals surface area contributed by atoms with Gasteiger partial charge in [0.05, 0.1) is 29.4 Å². The lowest BCUT2D eigenvalue weighted by Crippen LogP contribution is -2.24. The third-order valence-corrected chi connectivity index (χ3v) is 4.19. The van der Waals surface area contributed by atoms with Gasteiger partial charge < -0.3 is 30.6 Å². The van der Waals surface area contributed by atoms with E-state index in [0.717, 1.165) is 0 Å². The Morgan fingerprint density at radius 1 is 0.571 bits per heavy atom. The highest BCUT2D eigenvalue weighted by molar-refractivity contribution is 5.88. The molecule has 0 heterocycles. The average molecular weight is 487 g/mol. The van der Waals surface area contributed by atoms with Crippen molar-refractivity contribution in [3.05, 3.63) is 108 Å². The van der Waals surface area contributed by atoms with Crippen LogP contribution in [0.15, 0.2) is 91.0 Å². The molecule has 6 N–H and O–H groups in total. The van der Waals surface area contributed by atoms with Crippen molar-refractivity contribution in [2.75, 3.05) is 13.2 Å². The van der Waals surface area contributed by atoms with Crippen LogP contribution in [0.5, 0.6) is 0 Å². The minimum absolute atomic E-state index is 0.0816. The molecule has 0 aliphatic rings. The first-order valence-corrected chi connectivity index (χ1v) is 10.4. The Morgan fingerprint density at radius 3 is 0.943 bits per heavy atom. The smallest absolute Gasteiger partial charge is 0.335 e. The largest absolute Gasteiger partial charge is 0.478 e. The Balaban J connectivity index is 0.000000441. The number of carbonyl (C=O) groups is 3. The van der Waals surface area contributed by atoms with Crippen molar-refractivity contribution >= 4 is 17.9 Å². The first kappa shape index (κ1) is 31.0. The van der Waals surface area contributed by atoms with Crippen LogP contribution in [0.25, 0.3) is 0 Å². The predicted molar refractivity (Wildman–Crippen MR) is 130 cm³/mol. The van der Waals surface area contributed by atoms with Crippen molar-refractivity contribution in [2.24, 2.45) is 5.92 Å². The van der Waals surface area contributed by atoms with Gasteiger partial charge in [0.1, 0.15) is 0 Å². The second kappa shape index (κ2) is 18.4. The van der Waals surface area contributed by atoms with Crippen LogP contribution in [0.2, 0.25) is 0 Å². The maximum atomic E-state index is 10.2. The molecule has 2 unspecified atom stereocenters. The number of carboxylic acids is 3. The fourth-order valence-electron chi connectivity index (χ4n) is 2.04. The van der Waals surface area contributed by atoms with Gasteiger partial charge in [-0.15, -0.1) is 0 Å². The van der Waals surface area contributed by atoms with Crippen molar-refractivity contribution in [3.8, 4) is 0 Å². The zero-order chi connectivity index (χ0) is 26.6. The van der Waals surface area contributed by atoms with Crippen LogP contribution >= 0.6 is 0 Å². The van der Waals surface area contributed by atoms with Gasteiger partial charge in [-0.25, -0.2) is 14.4 Å². The molecule has 3 aromatic carbocycles. The van der Waals surface area contributed by atoms with E-state index in [4.69, 9.17) is 30.6 Å². The third kappa shape index (κ3) is 14.7. The Morgan fingerprint density at radius 2 is 0.829 bits per heavy atom. The van der Waals surface area contributed by atoms with Crippen LogP contribution < -0.4 is 0 Å². The Labute approximate surface area is 203 Å². The molecule has 35 heavy (non-hydrogen) atoms. The molecule has 9 nitrogen and oxygen atoms in total. The molecule has 0 aromatic heterocycles. The van der Waals surface area contributed by atoms with Gasteiger partial charge in [0.15, 0.2) is 0 Å². The van der Waals surface area contributed by atoms with Gasteiger partial charge in [0.2, 0.25) is 0 Å². The number of rotatable bonds is 6. The van der Waals surface area contributed by atoms with E-state index in [1.54, 1.807) is 97.9 Å². The third-order valence-electron chi connectivity index (χ3n) is 4.19. The van der Waals surface area contributed by atoms with Gasteiger partial charge in [0.25, 0.3) is 0 Å². The Hall–Kier alpha value is -4.05. The van der Waals surface area contributed by atoms with Gasteiger partial charge in [-0.2, -0.15) is 0 Å². The number of hydrogen-bond acceptors (Lipinski definition) is 6. The molecule has 0 saturated carbocycles. The molecule has 0 fully saturated rings. The molecular formula is C26H30O9. The molecule has 188 valence electrons. The molecule has 3 rings (SSSR count). The van der Waals surface area contributed by atoms with E-state index in [2.05, 4.69) is 0 Å². The van der Waals surface area contributed by atoms with E-state index in [1.165, 1.54) is 0 Å². The van der Waals surface area contributed by atoms with E-state index in [-0.39, 0.29) is 19.1 Å². The summed E-state index contributed by atoms with van der Waals surface area (Å²) < 4.78 is 0. The van der Waals surface area contributed by atoms with Gasteiger partial charge in [0, 0.05) is 12.5 Å². The maximum absolute atomic E-state index is 10.2. The summed E-state index contributed by atoms with van der Waals surface area (Å²) in [5.74, 6) is -2.86. The number of aliphatic hydroxyl groups excluding tert-OH is 3. The van der Waals surface area contributed by atoms with Crippen LogP contribution in [0.3, 0.4) is 0 Å². The van der Waals surface area contributed by atoms with Gasteiger partial charge >= 0.3 is 17.9 Å². The lowest BCUT2D eigenvalue weighted by Gasteiger charge is -2.11. The predicted octanol–water partition coefficient (Wildman–Crippen LogP) is 3.12. The SMILES string of the molecule is CC(CO)C(O)CO.O=C(O)c1ccccc1.O=C(O)c1ccccc1.O=C(O)c1ccccc1. The molecule has 0 aliphatic heterocycles. The zero-order valence-electron chi connectivity index (χ0n) is 19.1. The molecular weight excluding hydrogens is 456 g/mol. The summed E-state index contributed by atoms with van der Waals surface area (Å²) in [6, 6.07) is 24.9. The van der Waals surface area contributed by atoms with Gasteiger partial charge in [-0.05, 0) is 36.4 Å². The zero-order valence-corrected chi connectivity index (χ0v) is 19.1. The van der Waals surface area contributed by atoms with E-state index < -0.39 is 24.0 Å². The fourth-order valence-corrected chi connectivity index (χ4v) is 2.04. The summed E-state index contributed by atoms with van der Waals surface area (Å²) in [7, 11) is 0. The first-order chi connectivity index (χ1) is 16.6. The second-order valence-corrected chi connectivity index (χ2v) is 6.92. The highest BCUT2D eigenvalue weighted by Crippen LogP contribution is 1.99. The van der Waals surface area contributed by atoms with Crippen molar-refractivity contribution in [1.82, 2.24) is 0 Å². The summed E-state index contributed by atoms with van der Waals surface area (Å²) in [5, 5.41) is 50.5. The summed E-state index contributed by atoms with van der Waals surface area (Å²) in [5.41, 5.74) is 0.993. The van der Waals surface area contributed by atoms with Crippen LogP contribution in [0.1, 0.15) is 38.0 Å². The number of aliphatic hydroxyl groups is 3. The topological polar surface area (TPSA) is 173 Å². The summed E-state index contributed by atoms with van der Waals surface area (Å²) in [6.07, 6.45) is -0.778. The van der Waals surface area contributed by atoms with Gasteiger partial charge in [-0.3, -0.25) is 0 Å². The average Bonchev–Trinajstić information content (AvgIpc) is 2.90. The van der Waals surface area contributed by atoms with E-state index in [0.29, 0.717) is 16.7 Å². The van der Waals surface area contributed by atoms with Crippen molar-refractivity contribution < 1.29 is 45.0 Å². The molecule has 3 aromatic rings. The van der Waals surface area contributed by atoms with Crippen LogP contribution in [-0.2, 0) is 0 Å².